The largest absolute Gasteiger partial charge is 0.481 e. The Morgan fingerprint density at radius 1 is 1.32 bits per heavy atom. The Hall–Kier alpha value is -1.35. The van der Waals surface area contributed by atoms with Gasteiger partial charge in [-0.15, -0.1) is 0 Å². The van der Waals surface area contributed by atoms with Crippen molar-refractivity contribution >= 4 is 5.97 Å². The van der Waals surface area contributed by atoms with Crippen molar-refractivity contribution in [3.8, 4) is 0 Å². The third kappa shape index (κ3) is 2.66. The van der Waals surface area contributed by atoms with Gasteiger partial charge in [-0.2, -0.15) is 0 Å². The van der Waals surface area contributed by atoms with Crippen LogP contribution in [0.25, 0.3) is 0 Å². The van der Waals surface area contributed by atoms with Gasteiger partial charge in [0, 0.05) is 5.54 Å². The fraction of sp³-hybridized carbons (Fsp3) is 0.562. The molecule has 1 unspecified atom stereocenters. The molecule has 0 aromatic heterocycles. The van der Waals surface area contributed by atoms with Gasteiger partial charge in [0.2, 0.25) is 0 Å². The van der Waals surface area contributed by atoms with Crippen LogP contribution in [0.1, 0.15) is 44.7 Å². The maximum atomic E-state index is 11.9. The molecule has 3 heteroatoms. The van der Waals surface area contributed by atoms with Gasteiger partial charge >= 0.3 is 5.97 Å². The molecule has 0 radical (unpaired) electrons. The minimum Gasteiger partial charge on any atom is -0.481 e. The molecule has 0 saturated carbocycles. The number of benzene rings is 1. The van der Waals surface area contributed by atoms with Crippen molar-refractivity contribution in [2.75, 3.05) is 6.54 Å². The number of carboxylic acids is 1. The SMILES string of the molecule is CCc1ccc(C2(C(=O)O)CCNC(C)(C)C2)cc1. The fourth-order valence-corrected chi connectivity index (χ4v) is 3.13. The molecule has 2 rings (SSSR count). The molecule has 3 nitrogen and oxygen atoms in total. The van der Waals surface area contributed by atoms with E-state index in [1.54, 1.807) is 0 Å². The summed E-state index contributed by atoms with van der Waals surface area (Å²) >= 11 is 0. The molecule has 1 aliphatic rings. The maximum absolute atomic E-state index is 11.9. The van der Waals surface area contributed by atoms with Crippen molar-refractivity contribution in [1.29, 1.82) is 0 Å². The van der Waals surface area contributed by atoms with Crippen LogP contribution in [0.5, 0.6) is 0 Å². The summed E-state index contributed by atoms with van der Waals surface area (Å²) in [4.78, 5) is 11.9. The van der Waals surface area contributed by atoms with E-state index in [1.807, 2.05) is 12.1 Å². The van der Waals surface area contributed by atoms with Gasteiger partial charge in [-0.05, 0) is 50.8 Å². The predicted octanol–water partition coefficient (Wildman–Crippen LogP) is 2.73. The molecular formula is C16H23NO2. The quantitative estimate of drug-likeness (QED) is 0.879. The molecule has 1 aromatic carbocycles. The van der Waals surface area contributed by atoms with Crippen LogP contribution in [0.4, 0.5) is 0 Å². The average molecular weight is 261 g/mol. The third-order valence-electron chi connectivity index (χ3n) is 4.22. The van der Waals surface area contributed by atoms with Gasteiger partial charge < -0.3 is 10.4 Å². The van der Waals surface area contributed by atoms with Crippen LogP contribution >= 0.6 is 0 Å². The van der Waals surface area contributed by atoms with Gasteiger partial charge in [-0.3, -0.25) is 4.79 Å². The molecule has 2 N–H and O–H groups in total. The summed E-state index contributed by atoms with van der Waals surface area (Å²) in [5.74, 6) is -0.702. The standard InChI is InChI=1S/C16H23NO2/c1-4-12-5-7-13(8-6-12)16(14(18)19)9-10-17-15(2,3)11-16/h5-8,17H,4,9-11H2,1-3H3,(H,18,19). The molecule has 1 saturated heterocycles. The molecule has 1 fully saturated rings. The van der Waals surface area contributed by atoms with Gasteiger partial charge in [0.05, 0.1) is 5.41 Å². The van der Waals surface area contributed by atoms with Crippen LogP contribution in [0, 0.1) is 0 Å². The molecule has 1 aliphatic heterocycles. The second-order valence-corrected chi connectivity index (χ2v) is 6.18. The minimum absolute atomic E-state index is 0.139. The molecule has 1 heterocycles. The van der Waals surface area contributed by atoms with Crippen LogP contribution in [0.2, 0.25) is 0 Å². The number of hydrogen-bond donors (Lipinski definition) is 2. The summed E-state index contributed by atoms with van der Waals surface area (Å²) in [6.07, 6.45) is 2.26. The van der Waals surface area contributed by atoms with Crippen LogP contribution in [0.3, 0.4) is 0 Å². The first kappa shape index (κ1) is 14.1. The molecular weight excluding hydrogens is 238 g/mol. The molecule has 0 amide bonds. The molecule has 104 valence electrons. The number of rotatable bonds is 3. The highest BCUT2D eigenvalue weighted by atomic mass is 16.4. The average Bonchev–Trinajstić information content (AvgIpc) is 2.37. The van der Waals surface area contributed by atoms with Crippen LogP contribution < -0.4 is 5.32 Å². The molecule has 0 bridgehead atoms. The van der Waals surface area contributed by atoms with E-state index < -0.39 is 11.4 Å². The first-order valence-electron chi connectivity index (χ1n) is 6.97. The van der Waals surface area contributed by atoms with Gasteiger partial charge in [-0.1, -0.05) is 31.2 Å². The van der Waals surface area contributed by atoms with Crippen molar-refractivity contribution in [3.05, 3.63) is 35.4 Å². The summed E-state index contributed by atoms with van der Waals surface area (Å²) in [6, 6.07) is 8.09. The lowest BCUT2D eigenvalue weighted by atomic mass is 9.67. The Kier molecular flexibility index (Phi) is 3.68. The zero-order valence-electron chi connectivity index (χ0n) is 12.0. The van der Waals surface area contributed by atoms with Gasteiger partial charge in [0.15, 0.2) is 0 Å². The van der Waals surface area contributed by atoms with E-state index >= 15 is 0 Å². The Bertz CT molecular complexity index is 464. The van der Waals surface area contributed by atoms with Crippen molar-refractivity contribution in [1.82, 2.24) is 5.32 Å². The first-order valence-corrected chi connectivity index (χ1v) is 6.97. The Balaban J connectivity index is 2.41. The topological polar surface area (TPSA) is 49.3 Å². The molecule has 1 aromatic rings. The van der Waals surface area contributed by atoms with Crippen LogP contribution in [-0.4, -0.2) is 23.2 Å². The molecule has 19 heavy (non-hydrogen) atoms. The van der Waals surface area contributed by atoms with E-state index in [-0.39, 0.29) is 5.54 Å². The lowest BCUT2D eigenvalue weighted by Gasteiger charge is -2.43. The number of nitrogens with one attached hydrogen (secondary N) is 1. The summed E-state index contributed by atoms with van der Waals surface area (Å²) < 4.78 is 0. The van der Waals surface area contributed by atoms with Gasteiger partial charge in [-0.25, -0.2) is 0 Å². The second kappa shape index (κ2) is 4.97. The van der Waals surface area contributed by atoms with Crippen LogP contribution in [-0.2, 0) is 16.6 Å². The summed E-state index contributed by atoms with van der Waals surface area (Å²) in [7, 11) is 0. The highest BCUT2D eigenvalue weighted by Gasteiger charge is 2.46. The second-order valence-electron chi connectivity index (χ2n) is 6.18. The van der Waals surface area contributed by atoms with Crippen molar-refractivity contribution < 1.29 is 9.90 Å². The number of carboxylic acid groups (broad SMARTS) is 1. The zero-order valence-corrected chi connectivity index (χ0v) is 12.0. The van der Waals surface area contributed by atoms with Crippen molar-refractivity contribution in [2.24, 2.45) is 0 Å². The minimum atomic E-state index is -0.749. The van der Waals surface area contributed by atoms with E-state index in [4.69, 9.17) is 0 Å². The van der Waals surface area contributed by atoms with E-state index in [2.05, 4.69) is 38.2 Å². The number of piperidine rings is 1. The Morgan fingerprint density at radius 3 is 2.42 bits per heavy atom. The Morgan fingerprint density at radius 2 is 1.95 bits per heavy atom. The number of hydrogen-bond acceptors (Lipinski definition) is 2. The van der Waals surface area contributed by atoms with Crippen molar-refractivity contribution in [3.63, 3.8) is 0 Å². The van der Waals surface area contributed by atoms with Crippen LogP contribution in [0.15, 0.2) is 24.3 Å². The first-order chi connectivity index (χ1) is 8.89. The summed E-state index contributed by atoms with van der Waals surface area (Å²) in [5, 5.41) is 13.2. The van der Waals surface area contributed by atoms with E-state index in [0.29, 0.717) is 12.8 Å². The van der Waals surface area contributed by atoms with E-state index in [9.17, 15) is 9.90 Å². The summed E-state index contributed by atoms with van der Waals surface area (Å²) in [6.45, 7) is 7.00. The van der Waals surface area contributed by atoms with Gasteiger partial charge in [0.1, 0.15) is 0 Å². The monoisotopic (exact) mass is 261 g/mol. The van der Waals surface area contributed by atoms with E-state index in [0.717, 1.165) is 18.5 Å². The Labute approximate surface area is 115 Å². The van der Waals surface area contributed by atoms with Crippen molar-refractivity contribution in [2.45, 2.75) is 51.0 Å². The predicted molar refractivity (Wildman–Crippen MR) is 76.4 cm³/mol. The number of carbonyl (C=O) groups is 1. The molecule has 1 atom stereocenters. The molecule has 0 spiro atoms. The third-order valence-corrected chi connectivity index (χ3v) is 4.22. The van der Waals surface area contributed by atoms with E-state index in [1.165, 1.54) is 5.56 Å². The smallest absolute Gasteiger partial charge is 0.314 e. The number of aryl methyl sites for hydroxylation is 1. The highest BCUT2D eigenvalue weighted by Crippen LogP contribution is 2.39. The number of aliphatic carboxylic acids is 1. The maximum Gasteiger partial charge on any atom is 0.314 e. The van der Waals surface area contributed by atoms with Gasteiger partial charge in [0.25, 0.3) is 0 Å². The summed E-state index contributed by atoms with van der Waals surface area (Å²) in [5.41, 5.74) is 1.30. The zero-order chi connectivity index (χ0) is 14.1. The normalized spacial score (nSPS) is 26.1. The fourth-order valence-electron chi connectivity index (χ4n) is 3.13. The lowest BCUT2D eigenvalue weighted by Crippen LogP contribution is -2.55. The highest BCUT2D eigenvalue weighted by molar-refractivity contribution is 5.82. The lowest BCUT2D eigenvalue weighted by molar-refractivity contribution is -0.146. The molecule has 0 aliphatic carbocycles.